The maximum Gasteiger partial charge on any atom is 0.228 e. The fraction of sp³-hybridized carbons (Fsp3) is 0.222. The zero-order valence-electron chi connectivity index (χ0n) is 13.1. The Morgan fingerprint density at radius 2 is 1.50 bits per heavy atom. The molecule has 22 heavy (non-hydrogen) atoms. The van der Waals surface area contributed by atoms with Crippen molar-refractivity contribution in [2.75, 3.05) is 10.6 Å². The minimum atomic E-state index is -0.119. The van der Waals surface area contributed by atoms with E-state index in [2.05, 4.69) is 16.7 Å². The van der Waals surface area contributed by atoms with Gasteiger partial charge in [0, 0.05) is 18.3 Å². The molecule has 0 spiro atoms. The van der Waals surface area contributed by atoms with Gasteiger partial charge in [0.25, 0.3) is 0 Å². The molecule has 0 aliphatic carbocycles. The highest BCUT2D eigenvalue weighted by Crippen LogP contribution is 2.15. The Morgan fingerprint density at radius 3 is 2.05 bits per heavy atom. The van der Waals surface area contributed by atoms with E-state index in [-0.39, 0.29) is 11.8 Å². The van der Waals surface area contributed by atoms with E-state index < -0.39 is 0 Å². The first-order chi connectivity index (χ1) is 10.4. The third-order valence-corrected chi connectivity index (χ3v) is 3.34. The van der Waals surface area contributed by atoms with Gasteiger partial charge in [-0.1, -0.05) is 23.8 Å². The molecular formula is C18H20N2O2. The van der Waals surface area contributed by atoms with Crippen molar-refractivity contribution in [3.05, 3.63) is 59.2 Å². The van der Waals surface area contributed by atoms with Crippen LogP contribution < -0.4 is 10.6 Å². The molecule has 0 fully saturated rings. The molecule has 0 aliphatic heterocycles. The number of rotatable bonds is 4. The standard InChI is InChI=1S/C18H20N2O2/c1-12-4-5-15(13(2)10-12)11-18(22)20-17-8-6-16(7-9-17)19-14(3)21/h4-10H,11H2,1-3H3,(H,19,21)(H,20,22). The van der Waals surface area contributed by atoms with E-state index in [1.54, 1.807) is 24.3 Å². The van der Waals surface area contributed by atoms with Gasteiger partial charge in [-0.05, 0) is 49.2 Å². The van der Waals surface area contributed by atoms with Crippen molar-refractivity contribution in [3.63, 3.8) is 0 Å². The van der Waals surface area contributed by atoms with Crippen molar-refractivity contribution < 1.29 is 9.59 Å². The van der Waals surface area contributed by atoms with Crippen molar-refractivity contribution in [2.24, 2.45) is 0 Å². The van der Waals surface area contributed by atoms with Gasteiger partial charge in [-0.3, -0.25) is 9.59 Å². The van der Waals surface area contributed by atoms with Crippen LogP contribution in [-0.2, 0) is 16.0 Å². The molecule has 4 heteroatoms. The Labute approximate surface area is 130 Å². The average Bonchev–Trinajstić information content (AvgIpc) is 2.43. The second kappa shape index (κ2) is 6.89. The van der Waals surface area contributed by atoms with Gasteiger partial charge in [-0.25, -0.2) is 0 Å². The molecule has 0 heterocycles. The molecule has 2 aromatic carbocycles. The Hall–Kier alpha value is -2.62. The van der Waals surface area contributed by atoms with Crippen LogP contribution >= 0.6 is 0 Å². The van der Waals surface area contributed by atoms with Crippen LogP contribution in [0.1, 0.15) is 23.6 Å². The topological polar surface area (TPSA) is 58.2 Å². The van der Waals surface area contributed by atoms with Crippen LogP contribution in [0.2, 0.25) is 0 Å². The highest BCUT2D eigenvalue weighted by molar-refractivity contribution is 5.93. The summed E-state index contributed by atoms with van der Waals surface area (Å²) in [5.41, 5.74) is 4.76. The Kier molecular flexibility index (Phi) is 4.94. The van der Waals surface area contributed by atoms with Crippen molar-refractivity contribution in [3.8, 4) is 0 Å². The van der Waals surface area contributed by atoms with Crippen LogP contribution in [0.5, 0.6) is 0 Å². The summed E-state index contributed by atoms with van der Waals surface area (Å²) in [5.74, 6) is -0.175. The van der Waals surface area contributed by atoms with Crippen LogP contribution in [0, 0.1) is 13.8 Å². The highest BCUT2D eigenvalue weighted by atomic mass is 16.2. The van der Waals surface area contributed by atoms with Gasteiger partial charge < -0.3 is 10.6 Å². The van der Waals surface area contributed by atoms with E-state index in [0.29, 0.717) is 17.8 Å². The first-order valence-corrected chi connectivity index (χ1v) is 7.17. The van der Waals surface area contributed by atoms with Gasteiger partial charge in [0.1, 0.15) is 0 Å². The summed E-state index contributed by atoms with van der Waals surface area (Å²) in [5, 5.41) is 5.55. The summed E-state index contributed by atoms with van der Waals surface area (Å²) in [4.78, 5) is 23.1. The normalized spacial score (nSPS) is 10.1. The van der Waals surface area contributed by atoms with Gasteiger partial charge in [-0.15, -0.1) is 0 Å². The summed E-state index contributed by atoms with van der Waals surface area (Å²) in [6, 6.07) is 13.1. The molecule has 0 atom stereocenters. The SMILES string of the molecule is CC(=O)Nc1ccc(NC(=O)Cc2ccc(C)cc2C)cc1. The molecule has 2 N–H and O–H groups in total. The fourth-order valence-electron chi connectivity index (χ4n) is 2.26. The Morgan fingerprint density at radius 1 is 0.909 bits per heavy atom. The molecule has 2 amide bonds. The number of aryl methyl sites for hydroxylation is 2. The van der Waals surface area contributed by atoms with E-state index in [4.69, 9.17) is 0 Å². The number of amides is 2. The lowest BCUT2D eigenvalue weighted by Crippen LogP contribution is -2.15. The number of carbonyl (C=O) groups excluding carboxylic acids is 2. The number of carbonyl (C=O) groups is 2. The van der Waals surface area contributed by atoms with Gasteiger partial charge in [-0.2, -0.15) is 0 Å². The molecule has 0 saturated carbocycles. The van der Waals surface area contributed by atoms with Crippen LogP contribution in [0.4, 0.5) is 11.4 Å². The zero-order chi connectivity index (χ0) is 16.1. The predicted octanol–water partition coefficient (Wildman–Crippen LogP) is 3.44. The van der Waals surface area contributed by atoms with Gasteiger partial charge in [0.2, 0.25) is 11.8 Å². The van der Waals surface area contributed by atoms with Crippen LogP contribution in [0.25, 0.3) is 0 Å². The fourth-order valence-corrected chi connectivity index (χ4v) is 2.26. The summed E-state index contributed by atoms with van der Waals surface area (Å²) >= 11 is 0. The van der Waals surface area contributed by atoms with E-state index in [1.807, 2.05) is 26.0 Å². The third-order valence-electron chi connectivity index (χ3n) is 3.34. The van der Waals surface area contributed by atoms with E-state index in [9.17, 15) is 9.59 Å². The number of nitrogens with one attached hydrogen (secondary N) is 2. The second-order valence-electron chi connectivity index (χ2n) is 5.41. The monoisotopic (exact) mass is 296 g/mol. The van der Waals surface area contributed by atoms with E-state index in [0.717, 1.165) is 11.1 Å². The molecule has 0 aromatic heterocycles. The van der Waals surface area contributed by atoms with Crippen molar-refractivity contribution in [2.45, 2.75) is 27.2 Å². The predicted molar refractivity (Wildman–Crippen MR) is 89.0 cm³/mol. The highest BCUT2D eigenvalue weighted by Gasteiger charge is 2.07. The molecule has 0 bridgehead atoms. The number of hydrogen-bond donors (Lipinski definition) is 2. The maximum atomic E-state index is 12.1. The summed E-state index contributed by atoms with van der Waals surface area (Å²) in [7, 11) is 0. The second-order valence-corrected chi connectivity index (χ2v) is 5.41. The largest absolute Gasteiger partial charge is 0.326 e. The Balaban J connectivity index is 1.98. The summed E-state index contributed by atoms with van der Waals surface area (Å²) in [6.45, 7) is 5.50. The van der Waals surface area contributed by atoms with Gasteiger partial charge in [0.05, 0.1) is 6.42 Å². The molecular weight excluding hydrogens is 276 g/mol. The molecule has 0 aliphatic rings. The van der Waals surface area contributed by atoms with Crippen molar-refractivity contribution >= 4 is 23.2 Å². The van der Waals surface area contributed by atoms with Crippen molar-refractivity contribution in [1.82, 2.24) is 0 Å². The molecule has 2 aromatic rings. The molecule has 0 saturated heterocycles. The first-order valence-electron chi connectivity index (χ1n) is 7.17. The maximum absolute atomic E-state index is 12.1. The van der Waals surface area contributed by atoms with E-state index in [1.165, 1.54) is 12.5 Å². The first kappa shape index (κ1) is 15.8. The minimum absolute atomic E-state index is 0.0563. The van der Waals surface area contributed by atoms with Crippen LogP contribution in [0.3, 0.4) is 0 Å². The quantitative estimate of drug-likeness (QED) is 0.908. The van der Waals surface area contributed by atoms with Crippen LogP contribution in [-0.4, -0.2) is 11.8 Å². The number of anilines is 2. The smallest absolute Gasteiger partial charge is 0.228 e. The lowest BCUT2D eigenvalue weighted by atomic mass is 10.0. The lowest BCUT2D eigenvalue weighted by molar-refractivity contribution is -0.116. The number of benzene rings is 2. The van der Waals surface area contributed by atoms with Gasteiger partial charge >= 0.3 is 0 Å². The molecule has 4 nitrogen and oxygen atoms in total. The van der Waals surface area contributed by atoms with E-state index >= 15 is 0 Å². The Bertz CT molecular complexity index is 691. The third kappa shape index (κ3) is 4.45. The zero-order valence-corrected chi connectivity index (χ0v) is 13.1. The molecule has 0 unspecified atom stereocenters. The minimum Gasteiger partial charge on any atom is -0.326 e. The molecule has 0 radical (unpaired) electrons. The molecule has 2 rings (SSSR count). The van der Waals surface area contributed by atoms with Crippen molar-refractivity contribution in [1.29, 1.82) is 0 Å². The summed E-state index contributed by atoms with van der Waals surface area (Å²) < 4.78 is 0. The molecule has 114 valence electrons. The van der Waals surface area contributed by atoms with Crippen LogP contribution in [0.15, 0.2) is 42.5 Å². The average molecular weight is 296 g/mol. The summed E-state index contributed by atoms with van der Waals surface area (Å²) in [6.07, 6.45) is 0.347. The van der Waals surface area contributed by atoms with Gasteiger partial charge in [0.15, 0.2) is 0 Å². The number of hydrogen-bond acceptors (Lipinski definition) is 2. The lowest BCUT2D eigenvalue weighted by Gasteiger charge is -2.09.